The number of rotatable bonds is 7. The third kappa shape index (κ3) is 4.55. The van der Waals surface area contributed by atoms with Gasteiger partial charge in [0.15, 0.2) is 23.1 Å². The minimum atomic E-state index is -0.653. The Morgan fingerprint density at radius 3 is 2.45 bits per heavy atom. The van der Waals surface area contributed by atoms with Crippen LogP contribution in [-0.2, 0) is 4.79 Å². The summed E-state index contributed by atoms with van der Waals surface area (Å²) in [5.74, 6) is 2.44. The molecule has 2 aromatic carbocycles. The minimum Gasteiger partial charge on any atom is -0.457 e. The van der Waals surface area contributed by atoms with Crippen LogP contribution in [0, 0.1) is 0 Å². The molecular formula is C22H20N4O5. The van der Waals surface area contributed by atoms with Crippen LogP contribution in [0.1, 0.15) is 24.3 Å². The van der Waals surface area contributed by atoms with E-state index in [0.29, 0.717) is 40.2 Å². The van der Waals surface area contributed by atoms with Crippen LogP contribution < -0.4 is 25.3 Å². The van der Waals surface area contributed by atoms with E-state index in [9.17, 15) is 9.59 Å². The number of fused-ring (bicyclic) bond motifs is 1. The van der Waals surface area contributed by atoms with Crippen molar-refractivity contribution < 1.29 is 23.8 Å². The second-order valence-electron chi connectivity index (χ2n) is 6.93. The van der Waals surface area contributed by atoms with Gasteiger partial charge in [-0.25, -0.2) is 9.97 Å². The fourth-order valence-electron chi connectivity index (χ4n) is 2.87. The molecule has 0 bridgehead atoms. The standard InChI is InChI=1S/C22H20N4O5/c1-12(21(23)28)24-20-10-17(13(2)27)25-22(26-20)14-3-5-15(6-4-14)31-16-7-8-18-19(9-16)30-11-29-18/h3-10,12H,11H2,1-2H3,(H2,23,28)(H,24,25,26)/t12-/m0/s1. The van der Waals surface area contributed by atoms with E-state index in [0.717, 1.165) is 0 Å². The van der Waals surface area contributed by atoms with Gasteiger partial charge in [-0.1, -0.05) is 0 Å². The number of Topliss-reactive ketones (excluding diaryl/α,β-unsaturated/α-hetero) is 1. The lowest BCUT2D eigenvalue weighted by Crippen LogP contribution is -2.32. The van der Waals surface area contributed by atoms with Crippen LogP contribution in [0.4, 0.5) is 5.82 Å². The summed E-state index contributed by atoms with van der Waals surface area (Å²) in [5.41, 5.74) is 6.20. The number of anilines is 1. The third-order valence-corrected chi connectivity index (χ3v) is 4.57. The number of nitrogens with one attached hydrogen (secondary N) is 1. The van der Waals surface area contributed by atoms with Crippen molar-refractivity contribution >= 4 is 17.5 Å². The Morgan fingerprint density at radius 2 is 1.74 bits per heavy atom. The molecule has 1 amide bonds. The summed E-state index contributed by atoms with van der Waals surface area (Å²) < 4.78 is 16.5. The number of ether oxygens (including phenoxy) is 3. The first-order valence-electron chi connectivity index (χ1n) is 9.53. The first-order valence-corrected chi connectivity index (χ1v) is 9.53. The van der Waals surface area contributed by atoms with Crippen LogP contribution >= 0.6 is 0 Å². The highest BCUT2D eigenvalue weighted by atomic mass is 16.7. The molecule has 0 radical (unpaired) electrons. The van der Waals surface area contributed by atoms with Crippen molar-refractivity contribution in [2.75, 3.05) is 12.1 Å². The van der Waals surface area contributed by atoms with Crippen LogP contribution in [-0.4, -0.2) is 34.5 Å². The molecule has 31 heavy (non-hydrogen) atoms. The summed E-state index contributed by atoms with van der Waals surface area (Å²) in [6, 6.07) is 13.3. The summed E-state index contributed by atoms with van der Waals surface area (Å²) in [5, 5.41) is 2.89. The van der Waals surface area contributed by atoms with Gasteiger partial charge in [-0.15, -0.1) is 0 Å². The first-order chi connectivity index (χ1) is 14.9. The summed E-state index contributed by atoms with van der Waals surface area (Å²) >= 11 is 0. The number of primary amides is 1. The number of nitrogens with two attached hydrogens (primary N) is 1. The number of carbonyl (C=O) groups excluding carboxylic acids is 2. The van der Waals surface area contributed by atoms with Gasteiger partial charge in [0, 0.05) is 24.6 Å². The molecule has 0 aliphatic carbocycles. The number of amides is 1. The van der Waals surface area contributed by atoms with E-state index in [-0.39, 0.29) is 18.3 Å². The largest absolute Gasteiger partial charge is 0.457 e. The highest BCUT2D eigenvalue weighted by Gasteiger charge is 2.15. The van der Waals surface area contributed by atoms with E-state index in [4.69, 9.17) is 19.9 Å². The van der Waals surface area contributed by atoms with Crippen LogP contribution in [0.15, 0.2) is 48.5 Å². The van der Waals surface area contributed by atoms with Gasteiger partial charge in [0.2, 0.25) is 12.7 Å². The molecule has 3 aromatic rings. The lowest BCUT2D eigenvalue weighted by Gasteiger charge is -2.13. The SMILES string of the molecule is CC(=O)c1cc(N[C@@H](C)C(N)=O)nc(-c2ccc(Oc3ccc4c(c3)OCO4)cc2)n1. The first kappa shape index (κ1) is 20.1. The Kier molecular flexibility index (Phi) is 5.40. The number of hydrogen-bond donors (Lipinski definition) is 2. The van der Waals surface area contributed by atoms with Crippen LogP contribution in [0.5, 0.6) is 23.0 Å². The minimum absolute atomic E-state index is 0.196. The maximum atomic E-state index is 11.9. The Balaban J connectivity index is 1.57. The monoisotopic (exact) mass is 420 g/mol. The Labute approximate surface area is 178 Å². The van der Waals surface area contributed by atoms with E-state index in [1.54, 1.807) is 49.4 Å². The highest BCUT2D eigenvalue weighted by molar-refractivity contribution is 5.93. The van der Waals surface area contributed by atoms with Crippen molar-refractivity contribution in [1.82, 2.24) is 9.97 Å². The van der Waals surface area contributed by atoms with Crippen molar-refractivity contribution in [3.05, 3.63) is 54.2 Å². The van der Waals surface area contributed by atoms with Gasteiger partial charge in [0.25, 0.3) is 0 Å². The quantitative estimate of drug-likeness (QED) is 0.558. The second-order valence-corrected chi connectivity index (χ2v) is 6.93. The van der Waals surface area contributed by atoms with Crippen LogP contribution in [0.3, 0.4) is 0 Å². The predicted octanol–water partition coefficient (Wildman–Crippen LogP) is 3.15. The molecule has 3 N–H and O–H groups in total. The third-order valence-electron chi connectivity index (χ3n) is 4.57. The van der Waals surface area contributed by atoms with E-state index in [1.165, 1.54) is 13.0 Å². The number of ketones is 1. The fourth-order valence-corrected chi connectivity index (χ4v) is 2.87. The molecule has 0 spiro atoms. The molecule has 0 fully saturated rings. The summed E-state index contributed by atoms with van der Waals surface area (Å²) in [6.07, 6.45) is 0. The number of benzene rings is 2. The van der Waals surface area contributed by atoms with E-state index < -0.39 is 11.9 Å². The summed E-state index contributed by atoms with van der Waals surface area (Å²) in [6.45, 7) is 3.22. The molecule has 1 atom stereocenters. The molecule has 0 saturated carbocycles. The average Bonchev–Trinajstić information content (AvgIpc) is 3.22. The van der Waals surface area contributed by atoms with Crippen molar-refractivity contribution in [2.24, 2.45) is 5.73 Å². The van der Waals surface area contributed by atoms with Gasteiger partial charge >= 0.3 is 0 Å². The number of hydrogen-bond acceptors (Lipinski definition) is 8. The van der Waals surface area contributed by atoms with E-state index >= 15 is 0 Å². The van der Waals surface area contributed by atoms with Crippen molar-refractivity contribution in [3.63, 3.8) is 0 Å². The van der Waals surface area contributed by atoms with E-state index in [1.807, 2.05) is 0 Å². The van der Waals surface area contributed by atoms with Crippen molar-refractivity contribution in [2.45, 2.75) is 19.9 Å². The van der Waals surface area contributed by atoms with Gasteiger partial charge in [-0.05, 0) is 43.3 Å². The number of nitrogens with zero attached hydrogens (tertiary/aromatic N) is 2. The zero-order valence-electron chi connectivity index (χ0n) is 16.9. The van der Waals surface area contributed by atoms with Gasteiger partial charge in [-0.2, -0.15) is 0 Å². The predicted molar refractivity (Wildman–Crippen MR) is 112 cm³/mol. The van der Waals surface area contributed by atoms with Gasteiger partial charge in [-0.3, -0.25) is 9.59 Å². The highest BCUT2D eigenvalue weighted by Crippen LogP contribution is 2.36. The van der Waals surface area contributed by atoms with Crippen molar-refractivity contribution in [3.8, 4) is 34.4 Å². The molecule has 1 aliphatic heterocycles. The average molecular weight is 420 g/mol. The molecule has 9 nitrogen and oxygen atoms in total. The van der Waals surface area contributed by atoms with Crippen molar-refractivity contribution in [1.29, 1.82) is 0 Å². The Morgan fingerprint density at radius 1 is 1.03 bits per heavy atom. The number of carbonyl (C=O) groups is 2. The van der Waals surface area contributed by atoms with Gasteiger partial charge in [0.1, 0.15) is 29.1 Å². The molecule has 1 aromatic heterocycles. The van der Waals surface area contributed by atoms with Crippen LogP contribution in [0.2, 0.25) is 0 Å². The Bertz CT molecular complexity index is 1150. The maximum absolute atomic E-state index is 11.9. The zero-order chi connectivity index (χ0) is 22.0. The lowest BCUT2D eigenvalue weighted by molar-refractivity contribution is -0.118. The molecule has 0 saturated heterocycles. The molecular weight excluding hydrogens is 400 g/mol. The van der Waals surface area contributed by atoms with Gasteiger partial charge < -0.3 is 25.3 Å². The lowest BCUT2D eigenvalue weighted by atomic mass is 10.2. The maximum Gasteiger partial charge on any atom is 0.239 e. The molecule has 1 aliphatic rings. The number of aromatic nitrogens is 2. The Hall–Kier alpha value is -4.14. The van der Waals surface area contributed by atoms with E-state index in [2.05, 4.69) is 15.3 Å². The molecule has 158 valence electrons. The molecule has 2 heterocycles. The van der Waals surface area contributed by atoms with Gasteiger partial charge in [0.05, 0.1) is 0 Å². The molecule has 0 unspecified atom stereocenters. The van der Waals surface area contributed by atoms with Crippen LogP contribution in [0.25, 0.3) is 11.4 Å². The summed E-state index contributed by atoms with van der Waals surface area (Å²) in [7, 11) is 0. The summed E-state index contributed by atoms with van der Waals surface area (Å²) in [4.78, 5) is 32.0. The smallest absolute Gasteiger partial charge is 0.239 e. The fraction of sp³-hybridized carbons (Fsp3) is 0.182. The normalized spacial score (nSPS) is 12.8. The zero-order valence-corrected chi connectivity index (χ0v) is 16.9. The second kappa shape index (κ2) is 8.31. The molecule has 9 heteroatoms. The molecule has 4 rings (SSSR count). The topological polar surface area (TPSA) is 126 Å².